The van der Waals surface area contributed by atoms with E-state index in [0.29, 0.717) is 12.2 Å². The van der Waals surface area contributed by atoms with Crippen LogP contribution in [0.4, 0.5) is 16.3 Å². The van der Waals surface area contributed by atoms with Crippen molar-refractivity contribution >= 4 is 23.5 Å². The van der Waals surface area contributed by atoms with E-state index in [4.69, 9.17) is 10.2 Å². The van der Waals surface area contributed by atoms with Crippen LogP contribution in [0.3, 0.4) is 0 Å². The number of amides is 2. The van der Waals surface area contributed by atoms with Gasteiger partial charge in [0.05, 0.1) is 11.4 Å². The summed E-state index contributed by atoms with van der Waals surface area (Å²) in [5.74, 6) is -0.305. The number of carboxylic acids is 1. The Bertz CT molecular complexity index is 1100. The fraction of sp³-hybridized carbons (Fsp3) is 0.292. The first-order valence-corrected chi connectivity index (χ1v) is 10.2. The highest BCUT2D eigenvalue weighted by molar-refractivity contribution is 5.99. The second-order valence-corrected chi connectivity index (χ2v) is 8.53. The monoisotopic (exact) mass is 420 g/mol. The molecule has 0 bridgehead atoms. The smallest absolute Gasteiger partial charge is 0.324 e. The Morgan fingerprint density at radius 3 is 2.45 bits per heavy atom. The fourth-order valence-electron chi connectivity index (χ4n) is 3.11. The third kappa shape index (κ3) is 5.72. The number of hydrogen-bond donors (Lipinski definition) is 3. The number of carboxylic acid groups (broad SMARTS) is 1. The summed E-state index contributed by atoms with van der Waals surface area (Å²) >= 11 is 0. The van der Waals surface area contributed by atoms with E-state index in [2.05, 4.69) is 31.4 Å². The summed E-state index contributed by atoms with van der Waals surface area (Å²) in [5, 5.41) is 19.5. The zero-order valence-electron chi connectivity index (χ0n) is 18.3. The van der Waals surface area contributed by atoms with E-state index in [-0.39, 0.29) is 17.9 Å². The molecule has 2 aromatic carbocycles. The molecule has 1 heterocycles. The molecular weight excluding hydrogens is 392 g/mol. The minimum atomic E-state index is -0.838. The average molecular weight is 421 g/mol. The molecular formula is C24H28N4O3. The average Bonchev–Trinajstić information content (AvgIpc) is 3.12. The highest BCUT2D eigenvalue weighted by Gasteiger charge is 2.22. The number of anilines is 2. The molecule has 0 spiro atoms. The lowest BCUT2D eigenvalue weighted by molar-refractivity contribution is -0.136. The van der Waals surface area contributed by atoms with Crippen molar-refractivity contribution in [2.45, 2.75) is 46.0 Å². The van der Waals surface area contributed by atoms with Crippen LogP contribution in [0.25, 0.3) is 5.69 Å². The molecule has 7 heteroatoms. The lowest BCUT2D eigenvalue weighted by atomic mass is 9.92. The molecule has 3 rings (SSSR count). The van der Waals surface area contributed by atoms with Gasteiger partial charge in [-0.15, -0.1) is 0 Å². The number of rotatable bonds is 6. The third-order valence-electron chi connectivity index (χ3n) is 4.90. The van der Waals surface area contributed by atoms with Gasteiger partial charge in [0, 0.05) is 23.6 Å². The Hall–Kier alpha value is -3.61. The van der Waals surface area contributed by atoms with Crippen molar-refractivity contribution in [3.8, 4) is 5.69 Å². The number of nitrogens with one attached hydrogen (secondary N) is 2. The zero-order valence-corrected chi connectivity index (χ0v) is 18.3. The lowest BCUT2D eigenvalue weighted by Crippen LogP contribution is -2.21. The van der Waals surface area contributed by atoms with Crippen LogP contribution in [0.2, 0.25) is 0 Å². The number of aliphatic carboxylic acids is 1. The molecule has 0 unspecified atom stereocenters. The molecule has 3 aromatic rings. The van der Waals surface area contributed by atoms with E-state index >= 15 is 0 Å². The normalized spacial score (nSPS) is 11.2. The van der Waals surface area contributed by atoms with Crippen LogP contribution in [0.5, 0.6) is 0 Å². The predicted octanol–water partition coefficient (Wildman–Crippen LogP) is 5.14. The van der Waals surface area contributed by atoms with E-state index in [1.54, 1.807) is 4.68 Å². The van der Waals surface area contributed by atoms with Crippen LogP contribution >= 0.6 is 0 Å². The molecule has 0 aliphatic rings. The molecule has 0 aliphatic heterocycles. The predicted molar refractivity (Wildman–Crippen MR) is 122 cm³/mol. The van der Waals surface area contributed by atoms with Crippen LogP contribution in [0.15, 0.2) is 54.6 Å². The van der Waals surface area contributed by atoms with Crippen molar-refractivity contribution in [3.05, 3.63) is 71.4 Å². The highest BCUT2D eigenvalue weighted by Crippen LogP contribution is 2.27. The van der Waals surface area contributed by atoms with E-state index < -0.39 is 5.97 Å². The summed E-state index contributed by atoms with van der Waals surface area (Å²) in [7, 11) is 0. The Morgan fingerprint density at radius 2 is 1.77 bits per heavy atom. The van der Waals surface area contributed by atoms with Crippen molar-refractivity contribution in [1.29, 1.82) is 0 Å². The summed E-state index contributed by atoms with van der Waals surface area (Å²) in [4.78, 5) is 23.6. The van der Waals surface area contributed by atoms with Gasteiger partial charge in [0.1, 0.15) is 5.82 Å². The van der Waals surface area contributed by atoms with Crippen molar-refractivity contribution in [3.63, 3.8) is 0 Å². The molecule has 3 N–H and O–H groups in total. The molecule has 1 aromatic heterocycles. The van der Waals surface area contributed by atoms with Crippen molar-refractivity contribution < 1.29 is 14.7 Å². The lowest BCUT2D eigenvalue weighted by Gasteiger charge is -2.14. The molecule has 0 radical (unpaired) electrons. The first kappa shape index (κ1) is 22.1. The van der Waals surface area contributed by atoms with Crippen LogP contribution in [-0.4, -0.2) is 26.9 Å². The summed E-state index contributed by atoms with van der Waals surface area (Å²) in [5.41, 5.74) is 3.96. The molecule has 7 nitrogen and oxygen atoms in total. The summed E-state index contributed by atoms with van der Waals surface area (Å²) in [6.07, 6.45) is 0.479. The van der Waals surface area contributed by atoms with E-state index in [9.17, 15) is 9.59 Å². The van der Waals surface area contributed by atoms with Gasteiger partial charge in [-0.1, -0.05) is 51.1 Å². The fourth-order valence-corrected chi connectivity index (χ4v) is 3.11. The first-order valence-electron chi connectivity index (χ1n) is 10.2. The Labute approximate surface area is 182 Å². The van der Waals surface area contributed by atoms with Crippen molar-refractivity contribution in [2.24, 2.45) is 0 Å². The molecule has 0 saturated heterocycles. The maximum atomic E-state index is 12.7. The van der Waals surface area contributed by atoms with Crippen LogP contribution in [0, 0.1) is 6.92 Å². The Balaban J connectivity index is 1.91. The molecule has 0 atom stereocenters. The van der Waals surface area contributed by atoms with Crippen LogP contribution in [-0.2, 0) is 16.6 Å². The van der Waals surface area contributed by atoms with Gasteiger partial charge < -0.3 is 10.4 Å². The number of urea groups is 1. The van der Waals surface area contributed by atoms with E-state index in [1.807, 2.05) is 61.5 Å². The van der Waals surface area contributed by atoms with Crippen molar-refractivity contribution in [2.75, 3.05) is 10.6 Å². The standard InChI is InChI=1S/C24H28N4O3/c1-16-8-5-6-11-19(16)25-23(31)26-21-15-20(24(2,3)4)27-28(21)18-10-7-9-17(14-18)12-13-22(29)30/h5-11,14-15H,12-13H2,1-4H3,(H,29,30)(H2,25,26,31). The largest absolute Gasteiger partial charge is 0.481 e. The highest BCUT2D eigenvalue weighted by atomic mass is 16.4. The Kier molecular flexibility index (Phi) is 6.44. The number of benzene rings is 2. The molecule has 31 heavy (non-hydrogen) atoms. The summed E-state index contributed by atoms with van der Waals surface area (Å²) in [6, 6.07) is 16.6. The Morgan fingerprint density at radius 1 is 1.03 bits per heavy atom. The van der Waals surface area contributed by atoms with Gasteiger partial charge in [-0.2, -0.15) is 5.10 Å². The van der Waals surface area contributed by atoms with E-state index in [1.165, 1.54) is 0 Å². The first-order chi connectivity index (χ1) is 14.6. The maximum absolute atomic E-state index is 12.7. The second-order valence-electron chi connectivity index (χ2n) is 8.53. The van der Waals surface area contributed by atoms with Gasteiger partial charge in [0.25, 0.3) is 0 Å². The van der Waals surface area contributed by atoms with Crippen LogP contribution in [0.1, 0.15) is 44.0 Å². The number of nitrogens with zero attached hydrogens (tertiary/aromatic N) is 2. The second kappa shape index (κ2) is 9.04. The molecule has 162 valence electrons. The molecule has 0 aliphatic carbocycles. The van der Waals surface area contributed by atoms with Gasteiger partial charge in [-0.05, 0) is 42.7 Å². The molecule has 2 amide bonds. The van der Waals surface area contributed by atoms with Gasteiger partial charge in [-0.3, -0.25) is 10.1 Å². The van der Waals surface area contributed by atoms with Gasteiger partial charge in [0.2, 0.25) is 0 Å². The number of para-hydroxylation sites is 1. The number of aromatic nitrogens is 2. The number of aryl methyl sites for hydroxylation is 2. The topological polar surface area (TPSA) is 96.3 Å². The van der Waals surface area contributed by atoms with Gasteiger partial charge in [0.15, 0.2) is 0 Å². The quantitative estimate of drug-likeness (QED) is 0.514. The van der Waals surface area contributed by atoms with E-state index in [0.717, 1.165) is 28.2 Å². The van der Waals surface area contributed by atoms with Crippen LogP contribution < -0.4 is 10.6 Å². The summed E-state index contributed by atoms with van der Waals surface area (Å²) < 4.78 is 1.68. The number of hydrogen-bond acceptors (Lipinski definition) is 3. The minimum Gasteiger partial charge on any atom is -0.481 e. The SMILES string of the molecule is Cc1ccccc1NC(=O)Nc1cc(C(C)(C)C)nn1-c1cccc(CCC(=O)O)c1. The number of carbonyl (C=O) groups is 2. The number of carbonyl (C=O) groups excluding carboxylic acids is 1. The zero-order chi connectivity index (χ0) is 22.6. The molecule has 0 saturated carbocycles. The van der Waals surface area contributed by atoms with Crippen molar-refractivity contribution in [1.82, 2.24) is 9.78 Å². The van der Waals surface area contributed by atoms with Gasteiger partial charge >= 0.3 is 12.0 Å². The molecule has 0 fully saturated rings. The maximum Gasteiger partial charge on any atom is 0.324 e. The summed E-state index contributed by atoms with van der Waals surface area (Å²) in [6.45, 7) is 8.10. The van der Waals surface area contributed by atoms with Gasteiger partial charge in [-0.25, -0.2) is 9.48 Å². The third-order valence-corrected chi connectivity index (χ3v) is 4.90. The minimum absolute atomic E-state index is 0.0553.